The second-order valence-electron chi connectivity index (χ2n) is 12.0. The number of nitrogens with one attached hydrogen (secondary N) is 1. The highest BCUT2D eigenvalue weighted by molar-refractivity contribution is 6.50. The van der Waals surface area contributed by atoms with Crippen molar-refractivity contribution in [2.45, 2.75) is 42.2 Å². The van der Waals surface area contributed by atoms with Crippen LogP contribution in [-0.4, -0.2) is 65.2 Å². The van der Waals surface area contributed by atoms with E-state index in [0.29, 0.717) is 35.8 Å². The van der Waals surface area contributed by atoms with Gasteiger partial charge in [0, 0.05) is 66.4 Å². The molecule has 9 nitrogen and oxygen atoms in total. The van der Waals surface area contributed by atoms with Gasteiger partial charge in [-0.15, -0.1) is 23.2 Å². The fourth-order valence-corrected chi connectivity index (χ4v) is 7.80. The van der Waals surface area contributed by atoms with Gasteiger partial charge in [0.25, 0.3) is 5.91 Å². The number of aryl methyl sites for hydroxylation is 1. The van der Waals surface area contributed by atoms with Crippen molar-refractivity contribution in [1.29, 1.82) is 0 Å². The second kappa shape index (κ2) is 9.23. The minimum Gasteiger partial charge on any atom is -0.494 e. The average molecular weight is 605 g/mol. The summed E-state index contributed by atoms with van der Waals surface area (Å²) in [4.78, 5) is 20.8. The van der Waals surface area contributed by atoms with Crippen LogP contribution >= 0.6 is 23.2 Å². The number of likely N-dealkylation sites (tertiary alicyclic amines) is 1. The lowest BCUT2D eigenvalue weighted by Crippen LogP contribution is -2.41. The number of benzene rings is 2. The number of ether oxygens (including phenoxy) is 1. The minimum absolute atomic E-state index is 0.0155. The Hall–Kier alpha value is -3.53. The number of para-hydroxylation sites is 1. The number of carbonyl (C=O) groups is 1. The summed E-state index contributed by atoms with van der Waals surface area (Å²) in [6.07, 6.45) is 6.50. The van der Waals surface area contributed by atoms with E-state index in [1.54, 1.807) is 7.11 Å². The molecule has 2 aromatic carbocycles. The number of H-pyrrole nitrogens is 1. The third kappa shape index (κ3) is 3.83. The van der Waals surface area contributed by atoms with Gasteiger partial charge in [0.05, 0.1) is 30.0 Å². The molecule has 42 heavy (non-hydrogen) atoms. The number of hydrogen-bond acceptors (Lipinski definition) is 5. The van der Waals surface area contributed by atoms with Crippen molar-refractivity contribution in [1.82, 2.24) is 29.2 Å². The van der Waals surface area contributed by atoms with Crippen LogP contribution in [0.15, 0.2) is 48.8 Å². The third-order valence-electron chi connectivity index (χ3n) is 9.63. The molecule has 2 aliphatic carbocycles. The second-order valence-corrected chi connectivity index (χ2v) is 13.6. The molecule has 5 aromatic rings. The Balaban J connectivity index is 1.28. The highest BCUT2D eigenvalue weighted by Crippen LogP contribution is 2.55. The fraction of sp³-hybridized carbons (Fsp3) is 0.387. The predicted octanol–water partition coefficient (Wildman–Crippen LogP) is 5.35. The molecule has 0 spiro atoms. The highest BCUT2D eigenvalue weighted by atomic mass is 35.5. The predicted molar refractivity (Wildman–Crippen MR) is 164 cm³/mol. The van der Waals surface area contributed by atoms with Gasteiger partial charge in [-0.2, -0.15) is 5.10 Å². The number of rotatable bonds is 6. The van der Waals surface area contributed by atoms with Gasteiger partial charge in [-0.05, 0) is 43.4 Å². The largest absolute Gasteiger partial charge is 0.494 e. The first kappa shape index (κ1) is 26.1. The molecule has 216 valence electrons. The van der Waals surface area contributed by atoms with Crippen LogP contribution in [-0.2, 0) is 13.6 Å². The molecule has 1 unspecified atom stereocenters. The number of alkyl halides is 2. The smallest absolute Gasteiger partial charge is 0.254 e. The Morgan fingerprint density at radius 1 is 1.21 bits per heavy atom. The number of methoxy groups -OCH3 is 1. The molecule has 1 amide bonds. The summed E-state index contributed by atoms with van der Waals surface area (Å²) in [5, 5.41) is 8.19. The number of aromatic nitrogens is 5. The van der Waals surface area contributed by atoms with Crippen LogP contribution in [0, 0.1) is 11.8 Å². The van der Waals surface area contributed by atoms with E-state index in [4.69, 9.17) is 38.7 Å². The minimum atomic E-state index is -0.735. The number of fused-ring (bicyclic) bond motifs is 4. The van der Waals surface area contributed by atoms with Crippen molar-refractivity contribution in [2.24, 2.45) is 24.6 Å². The molecule has 11 heteroatoms. The molecule has 4 heterocycles. The van der Waals surface area contributed by atoms with E-state index < -0.39 is 4.33 Å². The van der Waals surface area contributed by atoms with E-state index >= 15 is 0 Å². The molecule has 3 aliphatic rings. The molecule has 3 fully saturated rings. The van der Waals surface area contributed by atoms with Gasteiger partial charge in [-0.3, -0.25) is 9.89 Å². The van der Waals surface area contributed by atoms with Crippen molar-refractivity contribution in [3.05, 3.63) is 54.4 Å². The first-order valence-corrected chi connectivity index (χ1v) is 15.1. The van der Waals surface area contributed by atoms with Crippen molar-refractivity contribution < 1.29 is 9.53 Å². The molecule has 2 saturated carbocycles. The lowest BCUT2D eigenvalue weighted by molar-refractivity contribution is 0.0700. The molecule has 3 N–H and O–H groups in total. The zero-order chi connectivity index (χ0) is 28.9. The van der Waals surface area contributed by atoms with Crippen molar-refractivity contribution in [3.63, 3.8) is 0 Å². The van der Waals surface area contributed by atoms with Crippen LogP contribution < -0.4 is 10.5 Å². The van der Waals surface area contributed by atoms with Crippen molar-refractivity contribution in [2.75, 3.05) is 13.7 Å². The van der Waals surface area contributed by atoms with Crippen molar-refractivity contribution in [3.8, 4) is 28.4 Å². The summed E-state index contributed by atoms with van der Waals surface area (Å²) in [6, 6.07) is 12.3. The summed E-state index contributed by atoms with van der Waals surface area (Å²) in [5.41, 5.74) is 12.6. The van der Waals surface area contributed by atoms with E-state index in [1.807, 2.05) is 41.0 Å². The molecule has 2 bridgehead atoms. The van der Waals surface area contributed by atoms with Gasteiger partial charge < -0.3 is 24.5 Å². The van der Waals surface area contributed by atoms with Gasteiger partial charge in [-0.1, -0.05) is 18.2 Å². The summed E-state index contributed by atoms with van der Waals surface area (Å²) < 4.78 is 9.43. The maximum atomic E-state index is 13.7. The third-order valence-corrected chi connectivity index (χ3v) is 10.6. The number of aromatic amines is 1. The van der Waals surface area contributed by atoms with Gasteiger partial charge in [0.15, 0.2) is 5.82 Å². The van der Waals surface area contributed by atoms with Gasteiger partial charge in [-0.25, -0.2) is 4.98 Å². The van der Waals surface area contributed by atoms with E-state index in [1.165, 1.54) is 0 Å². The zero-order valence-corrected chi connectivity index (χ0v) is 24.9. The van der Waals surface area contributed by atoms with Gasteiger partial charge in [0.2, 0.25) is 0 Å². The lowest BCUT2D eigenvalue weighted by Gasteiger charge is -2.27. The van der Waals surface area contributed by atoms with Gasteiger partial charge >= 0.3 is 0 Å². The fourth-order valence-electron chi connectivity index (χ4n) is 7.29. The maximum Gasteiger partial charge on any atom is 0.254 e. The SMILES string of the molecule is COc1cc(C(=O)N2C[C@H]3CC[C@@H]2[C@@H]3N)cc2nc(-c3cc4cccc(-c5cn[nH]c5)c4n3CC3CC3(Cl)Cl)n(C)c12. The number of piperidine rings is 1. The van der Waals surface area contributed by atoms with Crippen LogP contribution in [0.3, 0.4) is 0 Å². The molecule has 1 saturated heterocycles. The molecule has 4 atom stereocenters. The van der Waals surface area contributed by atoms with E-state index in [9.17, 15) is 4.79 Å². The first-order chi connectivity index (χ1) is 20.2. The van der Waals surface area contributed by atoms with E-state index in [-0.39, 0.29) is 23.9 Å². The summed E-state index contributed by atoms with van der Waals surface area (Å²) in [5.74, 6) is 1.85. The molecule has 0 radical (unpaired) electrons. The van der Waals surface area contributed by atoms with Crippen LogP contribution in [0.4, 0.5) is 0 Å². The normalized spacial score (nSPS) is 24.3. The summed E-state index contributed by atoms with van der Waals surface area (Å²) in [7, 11) is 3.61. The van der Waals surface area contributed by atoms with Crippen LogP contribution in [0.2, 0.25) is 0 Å². The monoisotopic (exact) mass is 603 g/mol. The summed E-state index contributed by atoms with van der Waals surface area (Å²) in [6.45, 7) is 1.35. The van der Waals surface area contributed by atoms with Crippen LogP contribution in [0.5, 0.6) is 5.75 Å². The number of carbonyl (C=O) groups excluding carboxylic acids is 1. The number of imidazole rings is 1. The van der Waals surface area contributed by atoms with Crippen LogP contribution in [0.25, 0.3) is 44.6 Å². The molecule has 8 rings (SSSR count). The Bertz CT molecular complexity index is 1880. The number of nitrogens with zero attached hydrogens (tertiary/aromatic N) is 5. The molecule has 1 aliphatic heterocycles. The lowest BCUT2D eigenvalue weighted by atomic mass is 10.1. The number of amides is 1. The number of halogens is 2. The molecular weight excluding hydrogens is 573 g/mol. The van der Waals surface area contributed by atoms with Crippen molar-refractivity contribution >= 4 is 51.0 Å². The quantitative estimate of drug-likeness (QED) is 0.254. The average Bonchev–Trinajstić information content (AvgIpc) is 3.63. The highest BCUT2D eigenvalue weighted by Gasteiger charge is 2.52. The molecular formula is C31H31Cl2N7O2. The Kier molecular flexibility index (Phi) is 5.74. The van der Waals surface area contributed by atoms with E-state index in [0.717, 1.165) is 58.3 Å². The van der Waals surface area contributed by atoms with E-state index in [2.05, 4.69) is 39.0 Å². The maximum absolute atomic E-state index is 13.7. The number of hydrogen-bond donors (Lipinski definition) is 2. The number of nitrogens with two attached hydrogens (primary N) is 1. The first-order valence-electron chi connectivity index (χ1n) is 14.4. The van der Waals surface area contributed by atoms with Crippen LogP contribution in [0.1, 0.15) is 29.6 Å². The Labute approximate surface area is 252 Å². The summed E-state index contributed by atoms with van der Waals surface area (Å²) >= 11 is 13.1. The topological polar surface area (TPSA) is 107 Å². The Morgan fingerprint density at radius 2 is 2.05 bits per heavy atom. The zero-order valence-electron chi connectivity index (χ0n) is 23.3. The standard InChI is InChI=1S/C31H31Cl2N7O2/c1-38-28-22(8-18(10-25(28)42-2)30(41)40-14-17-6-7-23(40)26(17)34)37-29(38)24-9-16-4-3-5-21(19-12-35-36-13-19)27(16)39(24)15-20-11-31(20,32)33/h3-5,8-10,12-13,17,20,23,26H,6-7,11,14-15,34H2,1-2H3,(H,35,36)/t17-,20?,23-,26-/m1/s1. The molecule has 3 aromatic heterocycles. The Morgan fingerprint density at radius 3 is 2.71 bits per heavy atom. The van der Waals surface area contributed by atoms with Gasteiger partial charge in [0.1, 0.15) is 15.6 Å².